The lowest BCUT2D eigenvalue weighted by molar-refractivity contribution is 0.615. The van der Waals surface area contributed by atoms with E-state index in [0.717, 1.165) is 5.69 Å². The molecule has 19 heavy (non-hydrogen) atoms. The molecular formula is C12H12BrFN4S. The van der Waals surface area contributed by atoms with E-state index < -0.39 is 5.82 Å². The second kappa shape index (κ2) is 5.66. The van der Waals surface area contributed by atoms with E-state index in [9.17, 15) is 4.39 Å². The Kier molecular flexibility index (Phi) is 4.16. The van der Waals surface area contributed by atoms with Crippen molar-refractivity contribution < 1.29 is 4.39 Å². The van der Waals surface area contributed by atoms with Crippen LogP contribution >= 0.6 is 27.3 Å². The van der Waals surface area contributed by atoms with Gasteiger partial charge >= 0.3 is 0 Å². The Bertz CT molecular complexity index is 600. The van der Waals surface area contributed by atoms with Crippen molar-refractivity contribution in [1.82, 2.24) is 4.98 Å². The smallest absolute Gasteiger partial charge is 0.161 e. The molecule has 0 bridgehead atoms. The van der Waals surface area contributed by atoms with E-state index in [2.05, 4.69) is 20.9 Å². The summed E-state index contributed by atoms with van der Waals surface area (Å²) in [5.41, 5.74) is 8.80. The summed E-state index contributed by atoms with van der Waals surface area (Å²) in [6.45, 7) is 0.520. The van der Waals surface area contributed by atoms with Crippen LogP contribution in [0.4, 0.5) is 10.1 Å². The molecule has 4 nitrogen and oxygen atoms in total. The molecule has 2 aromatic rings. The van der Waals surface area contributed by atoms with E-state index in [-0.39, 0.29) is 10.3 Å². The predicted octanol–water partition coefficient (Wildman–Crippen LogP) is 2.97. The first-order valence-electron chi connectivity index (χ1n) is 5.41. The van der Waals surface area contributed by atoms with Gasteiger partial charge in [0, 0.05) is 18.0 Å². The van der Waals surface area contributed by atoms with Gasteiger partial charge in [0.05, 0.1) is 27.9 Å². The van der Waals surface area contributed by atoms with Crippen LogP contribution in [0.5, 0.6) is 0 Å². The minimum Gasteiger partial charge on any atom is -0.384 e. The van der Waals surface area contributed by atoms with Crippen molar-refractivity contribution >= 4 is 38.8 Å². The number of halogens is 2. The molecule has 0 aliphatic carbocycles. The van der Waals surface area contributed by atoms with Crippen LogP contribution in [0.25, 0.3) is 0 Å². The van der Waals surface area contributed by atoms with Gasteiger partial charge in [-0.2, -0.15) is 0 Å². The minimum atomic E-state index is -0.426. The summed E-state index contributed by atoms with van der Waals surface area (Å²) < 4.78 is 14.5. The predicted molar refractivity (Wildman–Crippen MR) is 79.3 cm³/mol. The highest BCUT2D eigenvalue weighted by Gasteiger charge is 2.16. The van der Waals surface area contributed by atoms with E-state index in [1.54, 1.807) is 29.6 Å². The van der Waals surface area contributed by atoms with Crippen LogP contribution in [0.15, 0.2) is 27.5 Å². The number of hydrogen-bond donors (Lipinski definition) is 2. The quantitative estimate of drug-likeness (QED) is 0.663. The first-order valence-corrected chi connectivity index (χ1v) is 7.15. The number of benzene rings is 1. The van der Waals surface area contributed by atoms with E-state index in [1.165, 1.54) is 11.3 Å². The van der Waals surface area contributed by atoms with Gasteiger partial charge in [0.15, 0.2) is 5.82 Å². The van der Waals surface area contributed by atoms with E-state index in [4.69, 9.17) is 11.1 Å². The molecule has 100 valence electrons. The summed E-state index contributed by atoms with van der Waals surface area (Å²) in [4.78, 5) is 5.93. The van der Waals surface area contributed by atoms with Crippen molar-refractivity contribution in [2.24, 2.45) is 5.73 Å². The van der Waals surface area contributed by atoms with Crippen molar-refractivity contribution in [3.63, 3.8) is 0 Å². The fourth-order valence-corrected chi connectivity index (χ4v) is 2.78. The highest BCUT2D eigenvalue weighted by atomic mass is 79.9. The van der Waals surface area contributed by atoms with Crippen LogP contribution in [0.1, 0.15) is 11.3 Å². The van der Waals surface area contributed by atoms with Crippen molar-refractivity contribution in [3.8, 4) is 0 Å². The summed E-state index contributed by atoms with van der Waals surface area (Å²) >= 11 is 4.65. The molecule has 0 aliphatic rings. The number of nitrogen functional groups attached to an aromatic ring is 1. The highest BCUT2D eigenvalue weighted by Crippen LogP contribution is 2.29. The maximum absolute atomic E-state index is 14.2. The minimum absolute atomic E-state index is 0.167. The molecule has 0 saturated heterocycles. The van der Waals surface area contributed by atoms with Gasteiger partial charge in [-0.05, 0) is 28.1 Å². The Morgan fingerprint density at radius 2 is 2.32 bits per heavy atom. The van der Waals surface area contributed by atoms with Crippen LogP contribution in [-0.2, 0) is 6.54 Å². The summed E-state index contributed by atoms with van der Waals surface area (Å²) in [6, 6.07) is 3.24. The zero-order chi connectivity index (χ0) is 14.0. The van der Waals surface area contributed by atoms with Crippen LogP contribution in [0.2, 0.25) is 0 Å². The Morgan fingerprint density at radius 3 is 2.89 bits per heavy atom. The number of aromatic nitrogens is 1. The molecule has 0 atom stereocenters. The first-order chi connectivity index (χ1) is 9.00. The number of nitrogens with two attached hydrogens (primary N) is 1. The number of anilines is 1. The molecule has 0 amide bonds. The molecule has 0 radical (unpaired) electrons. The molecular weight excluding hydrogens is 331 g/mol. The van der Waals surface area contributed by atoms with Gasteiger partial charge in [0.1, 0.15) is 5.84 Å². The average Bonchev–Trinajstić information content (AvgIpc) is 2.84. The fourth-order valence-electron chi connectivity index (χ4n) is 1.69. The fraction of sp³-hybridized carbons (Fsp3) is 0.167. The SMILES string of the molecule is CN(Cc1cscn1)c1ccc(C(=N)N)c(Br)c1F. The maximum atomic E-state index is 14.2. The molecule has 7 heteroatoms. The van der Waals surface area contributed by atoms with Gasteiger partial charge in [0.2, 0.25) is 0 Å². The largest absolute Gasteiger partial charge is 0.384 e. The lowest BCUT2D eigenvalue weighted by Gasteiger charge is -2.20. The molecule has 0 aliphatic heterocycles. The van der Waals surface area contributed by atoms with Crippen molar-refractivity contribution in [1.29, 1.82) is 5.41 Å². The van der Waals surface area contributed by atoms with Gasteiger partial charge < -0.3 is 10.6 Å². The first kappa shape index (κ1) is 14.0. The van der Waals surface area contributed by atoms with Gasteiger partial charge in [0.25, 0.3) is 0 Å². The maximum Gasteiger partial charge on any atom is 0.161 e. The molecule has 0 saturated carbocycles. The summed E-state index contributed by atoms with van der Waals surface area (Å²) in [5, 5.41) is 9.29. The molecule has 1 aromatic heterocycles. The van der Waals surface area contributed by atoms with E-state index >= 15 is 0 Å². The Balaban J connectivity index is 2.30. The summed E-state index contributed by atoms with van der Waals surface area (Å²) in [6.07, 6.45) is 0. The summed E-state index contributed by atoms with van der Waals surface area (Å²) in [7, 11) is 1.79. The molecule has 0 unspecified atom stereocenters. The molecule has 1 aromatic carbocycles. The van der Waals surface area contributed by atoms with Crippen molar-refractivity contribution in [2.75, 3.05) is 11.9 Å². The highest BCUT2D eigenvalue weighted by molar-refractivity contribution is 9.10. The molecule has 3 N–H and O–H groups in total. The zero-order valence-corrected chi connectivity index (χ0v) is 12.6. The second-order valence-electron chi connectivity index (χ2n) is 4.01. The molecule has 1 heterocycles. The summed E-state index contributed by atoms with van der Waals surface area (Å²) in [5.74, 6) is -0.593. The van der Waals surface area contributed by atoms with E-state index in [1.807, 2.05) is 5.38 Å². The van der Waals surface area contributed by atoms with E-state index in [0.29, 0.717) is 17.8 Å². The van der Waals surface area contributed by atoms with Crippen LogP contribution in [-0.4, -0.2) is 17.9 Å². The Hall–Kier alpha value is -1.47. The van der Waals surface area contributed by atoms with Crippen molar-refractivity contribution in [3.05, 3.63) is 44.6 Å². The Labute approximate surface area is 122 Å². The number of hydrogen-bond acceptors (Lipinski definition) is 4. The molecule has 2 rings (SSSR count). The van der Waals surface area contributed by atoms with Gasteiger partial charge in [-0.25, -0.2) is 9.37 Å². The third-order valence-corrected chi connectivity index (χ3v) is 4.06. The van der Waals surface area contributed by atoms with Crippen LogP contribution in [0, 0.1) is 11.2 Å². The number of nitrogens with zero attached hydrogens (tertiary/aromatic N) is 2. The monoisotopic (exact) mass is 342 g/mol. The Morgan fingerprint density at radius 1 is 1.58 bits per heavy atom. The molecule has 0 fully saturated rings. The number of thiazole rings is 1. The second-order valence-corrected chi connectivity index (χ2v) is 5.52. The number of amidine groups is 1. The average molecular weight is 343 g/mol. The van der Waals surface area contributed by atoms with Gasteiger partial charge in [-0.15, -0.1) is 11.3 Å². The van der Waals surface area contributed by atoms with Crippen LogP contribution in [0.3, 0.4) is 0 Å². The number of rotatable bonds is 4. The third kappa shape index (κ3) is 2.93. The topological polar surface area (TPSA) is 66.0 Å². The lowest BCUT2D eigenvalue weighted by Crippen LogP contribution is -2.19. The van der Waals surface area contributed by atoms with Crippen molar-refractivity contribution in [2.45, 2.75) is 6.54 Å². The van der Waals surface area contributed by atoms with Crippen LogP contribution < -0.4 is 10.6 Å². The molecule has 0 spiro atoms. The standard InChI is InChI=1S/C12H12BrFN4S/c1-18(4-7-5-19-6-17-7)9-3-2-8(12(15)16)10(13)11(9)14/h2-3,5-6H,4H2,1H3,(H3,15,16). The zero-order valence-electron chi connectivity index (χ0n) is 10.2. The van der Waals surface area contributed by atoms with Gasteiger partial charge in [-0.3, -0.25) is 5.41 Å². The number of nitrogens with one attached hydrogen (secondary N) is 1. The third-order valence-electron chi connectivity index (χ3n) is 2.65. The van der Waals surface area contributed by atoms with Gasteiger partial charge in [-0.1, -0.05) is 0 Å². The lowest BCUT2D eigenvalue weighted by atomic mass is 10.1. The normalized spacial score (nSPS) is 10.5.